The van der Waals surface area contributed by atoms with Crippen LogP contribution in [0.4, 0.5) is 0 Å². The molecule has 98 valence electrons. The van der Waals surface area contributed by atoms with Crippen LogP contribution in [0.2, 0.25) is 0 Å². The highest BCUT2D eigenvalue weighted by Crippen LogP contribution is 2.55. The monoisotopic (exact) mass is 248 g/mol. The van der Waals surface area contributed by atoms with Gasteiger partial charge in [0.15, 0.2) is 11.5 Å². The van der Waals surface area contributed by atoms with Gasteiger partial charge in [-0.05, 0) is 36.5 Å². The fourth-order valence-corrected chi connectivity index (χ4v) is 3.11. The molecule has 1 fully saturated rings. The van der Waals surface area contributed by atoms with Crippen LogP contribution in [-0.2, 0) is 0 Å². The van der Waals surface area contributed by atoms with E-state index in [2.05, 4.69) is 26.0 Å². The molecule has 1 heterocycles. The van der Waals surface area contributed by atoms with Gasteiger partial charge >= 0.3 is 0 Å². The van der Waals surface area contributed by atoms with Gasteiger partial charge in [-0.3, -0.25) is 0 Å². The van der Waals surface area contributed by atoms with Crippen molar-refractivity contribution in [3.8, 4) is 11.5 Å². The Labute approximate surface area is 108 Å². The van der Waals surface area contributed by atoms with E-state index in [-0.39, 0.29) is 11.5 Å². The minimum Gasteiger partial charge on any atom is -0.486 e. The second-order valence-electron chi connectivity index (χ2n) is 5.57. The highest BCUT2D eigenvalue weighted by molar-refractivity contribution is 5.46. The molecule has 2 aliphatic rings. The Bertz CT molecular complexity index is 457. The van der Waals surface area contributed by atoms with E-state index < -0.39 is 0 Å². The SMILES string of the molecule is CCC1(C)C(O)CC1c1ccc2c(c1)OCCO2. The molecule has 3 nitrogen and oxygen atoms in total. The van der Waals surface area contributed by atoms with E-state index in [0.29, 0.717) is 19.1 Å². The Hall–Kier alpha value is -1.22. The van der Waals surface area contributed by atoms with Crippen LogP contribution in [0.3, 0.4) is 0 Å². The van der Waals surface area contributed by atoms with Crippen LogP contribution in [0.5, 0.6) is 11.5 Å². The summed E-state index contributed by atoms with van der Waals surface area (Å²) in [7, 11) is 0. The summed E-state index contributed by atoms with van der Waals surface area (Å²) in [5.41, 5.74) is 1.26. The van der Waals surface area contributed by atoms with Gasteiger partial charge in [0.1, 0.15) is 13.2 Å². The molecule has 1 N–H and O–H groups in total. The zero-order chi connectivity index (χ0) is 12.8. The summed E-state index contributed by atoms with van der Waals surface area (Å²) in [5, 5.41) is 9.98. The number of aliphatic hydroxyl groups excluding tert-OH is 1. The van der Waals surface area contributed by atoms with Crippen molar-refractivity contribution in [1.29, 1.82) is 0 Å². The summed E-state index contributed by atoms with van der Waals surface area (Å²) in [6.07, 6.45) is 1.66. The standard InChI is InChI=1S/C15H20O3/c1-3-15(2)11(9-14(15)16)10-4-5-12-13(8-10)18-7-6-17-12/h4-5,8,11,14,16H,3,6-7,9H2,1-2H3. The van der Waals surface area contributed by atoms with Gasteiger partial charge < -0.3 is 14.6 Å². The first-order valence-corrected chi connectivity index (χ1v) is 6.73. The van der Waals surface area contributed by atoms with Crippen LogP contribution >= 0.6 is 0 Å². The third kappa shape index (κ3) is 1.61. The summed E-state index contributed by atoms with van der Waals surface area (Å²) in [4.78, 5) is 0. The van der Waals surface area contributed by atoms with Gasteiger partial charge in [0.05, 0.1) is 6.10 Å². The van der Waals surface area contributed by atoms with Gasteiger partial charge in [0.25, 0.3) is 0 Å². The first-order valence-electron chi connectivity index (χ1n) is 6.73. The molecule has 3 atom stereocenters. The van der Waals surface area contributed by atoms with Crippen molar-refractivity contribution >= 4 is 0 Å². The van der Waals surface area contributed by atoms with Gasteiger partial charge in [-0.1, -0.05) is 19.9 Å². The van der Waals surface area contributed by atoms with E-state index in [0.717, 1.165) is 24.3 Å². The van der Waals surface area contributed by atoms with Crippen molar-refractivity contribution in [1.82, 2.24) is 0 Å². The molecule has 1 aliphatic carbocycles. The molecule has 0 spiro atoms. The van der Waals surface area contributed by atoms with Crippen LogP contribution < -0.4 is 9.47 Å². The average Bonchev–Trinajstić information content (AvgIpc) is 2.43. The third-order valence-electron chi connectivity index (χ3n) is 4.75. The lowest BCUT2D eigenvalue weighted by Crippen LogP contribution is -2.49. The molecule has 1 aliphatic heterocycles. The number of ether oxygens (including phenoxy) is 2. The highest BCUT2D eigenvalue weighted by atomic mass is 16.6. The maximum absolute atomic E-state index is 9.98. The molecule has 18 heavy (non-hydrogen) atoms. The normalized spacial score (nSPS) is 33.9. The molecule has 0 bridgehead atoms. The van der Waals surface area contributed by atoms with E-state index in [1.807, 2.05) is 6.07 Å². The van der Waals surface area contributed by atoms with Crippen LogP contribution in [0.1, 0.15) is 38.2 Å². The van der Waals surface area contributed by atoms with Crippen molar-refractivity contribution < 1.29 is 14.6 Å². The molecule has 0 saturated heterocycles. The molecular weight excluding hydrogens is 228 g/mol. The Balaban J connectivity index is 1.89. The van der Waals surface area contributed by atoms with Crippen molar-refractivity contribution in [2.45, 2.75) is 38.7 Å². The first-order chi connectivity index (χ1) is 8.65. The van der Waals surface area contributed by atoms with Gasteiger partial charge in [-0.25, -0.2) is 0 Å². The zero-order valence-electron chi connectivity index (χ0n) is 11.0. The Morgan fingerprint density at radius 1 is 1.28 bits per heavy atom. The molecule has 1 aromatic carbocycles. The Morgan fingerprint density at radius 2 is 2.00 bits per heavy atom. The van der Waals surface area contributed by atoms with Gasteiger partial charge in [0, 0.05) is 5.41 Å². The molecule has 1 aromatic rings. The highest BCUT2D eigenvalue weighted by Gasteiger charge is 2.50. The minimum atomic E-state index is -0.180. The fraction of sp³-hybridized carbons (Fsp3) is 0.600. The summed E-state index contributed by atoms with van der Waals surface area (Å²) >= 11 is 0. The van der Waals surface area contributed by atoms with Crippen molar-refractivity contribution in [2.24, 2.45) is 5.41 Å². The summed E-state index contributed by atoms with van der Waals surface area (Å²) in [6, 6.07) is 6.18. The molecule has 3 heteroatoms. The molecule has 0 aromatic heterocycles. The zero-order valence-corrected chi connectivity index (χ0v) is 11.0. The molecule has 3 unspecified atom stereocenters. The number of aliphatic hydroxyl groups is 1. The quantitative estimate of drug-likeness (QED) is 0.874. The van der Waals surface area contributed by atoms with Crippen LogP contribution in [0.15, 0.2) is 18.2 Å². The van der Waals surface area contributed by atoms with Gasteiger partial charge in [0.2, 0.25) is 0 Å². The predicted octanol–water partition coefficient (Wildman–Crippen LogP) is 2.72. The lowest BCUT2D eigenvalue weighted by molar-refractivity contribution is -0.0778. The summed E-state index contributed by atoms with van der Waals surface area (Å²) in [5.74, 6) is 2.11. The first kappa shape index (κ1) is 11.8. The van der Waals surface area contributed by atoms with Crippen molar-refractivity contribution in [3.63, 3.8) is 0 Å². The largest absolute Gasteiger partial charge is 0.486 e. The average molecular weight is 248 g/mol. The number of fused-ring (bicyclic) bond motifs is 1. The van der Waals surface area contributed by atoms with E-state index in [9.17, 15) is 5.11 Å². The molecule has 0 radical (unpaired) electrons. The summed E-state index contributed by atoms with van der Waals surface area (Å²) in [6.45, 7) is 5.56. The van der Waals surface area contributed by atoms with Gasteiger partial charge in [-0.2, -0.15) is 0 Å². The number of rotatable bonds is 2. The predicted molar refractivity (Wildman–Crippen MR) is 69.2 cm³/mol. The molecule has 1 saturated carbocycles. The maximum Gasteiger partial charge on any atom is 0.161 e. The lowest BCUT2D eigenvalue weighted by atomic mass is 9.55. The van der Waals surface area contributed by atoms with Gasteiger partial charge in [-0.15, -0.1) is 0 Å². The number of hydrogen-bond acceptors (Lipinski definition) is 3. The van der Waals surface area contributed by atoms with Crippen molar-refractivity contribution in [2.75, 3.05) is 13.2 Å². The number of benzene rings is 1. The minimum absolute atomic E-state index is 0.00373. The van der Waals surface area contributed by atoms with E-state index >= 15 is 0 Å². The van der Waals surface area contributed by atoms with Crippen molar-refractivity contribution in [3.05, 3.63) is 23.8 Å². The third-order valence-corrected chi connectivity index (χ3v) is 4.75. The van der Waals surface area contributed by atoms with E-state index in [4.69, 9.17) is 9.47 Å². The molecule has 0 amide bonds. The molecule has 3 rings (SSSR count). The lowest BCUT2D eigenvalue weighted by Gasteiger charge is -2.51. The summed E-state index contributed by atoms with van der Waals surface area (Å²) < 4.78 is 11.2. The molecular formula is C15H20O3. The van der Waals surface area contributed by atoms with Crippen LogP contribution in [0.25, 0.3) is 0 Å². The Kier molecular flexibility index (Phi) is 2.74. The smallest absolute Gasteiger partial charge is 0.161 e. The second kappa shape index (κ2) is 4.16. The van der Waals surface area contributed by atoms with E-state index in [1.54, 1.807) is 0 Å². The maximum atomic E-state index is 9.98. The fourth-order valence-electron chi connectivity index (χ4n) is 3.11. The number of hydrogen-bond donors (Lipinski definition) is 1. The van der Waals surface area contributed by atoms with Crippen LogP contribution in [-0.4, -0.2) is 24.4 Å². The van der Waals surface area contributed by atoms with E-state index in [1.165, 1.54) is 5.56 Å². The second-order valence-corrected chi connectivity index (χ2v) is 5.57. The topological polar surface area (TPSA) is 38.7 Å². The Morgan fingerprint density at radius 3 is 2.67 bits per heavy atom. The van der Waals surface area contributed by atoms with Crippen LogP contribution in [0, 0.1) is 5.41 Å².